The number of hydrogen-bond donors (Lipinski definition) is 2. The van der Waals surface area contributed by atoms with Gasteiger partial charge < -0.3 is 11.1 Å². The Labute approximate surface area is 98.2 Å². The minimum Gasteiger partial charge on any atom is -0.394 e. The number of nitrogen functional groups attached to an aromatic ring is 1. The van der Waals surface area contributed by atoms with Crippen molar-refractivity contribution in [2.24, 2.45) is 13.0 Å². The SMILES string of the molecule is CCCc1nn(C)c(NCC(C)CC)c1N. The van der Waals surface area contributed by atoms with Crippen LogP contribution in [0.3, 0.4) is 0 Å². The van der Waals surface area contributed by atoms with E-state index in [1.54, 1.807) is 0 Å². The highest BCUT2D eigenvalue weighted by atomic mass is 15.3. The topological polar surface area (TPSA) is 55.9 Å². The molecule has 16 heavy (non-hydrogen) atoms. The summed E-state index contributed by atoms with van der Waals surface area (Å²) in [6.45, 7) is 7.51. The molecule has 1 atom stereocenters. The first-order chi connectivity index (χ1) is 7.60. The molecule has 0 aliphatic rings. The van der Waals surface area contributed by atoms with E-state index in [0.29, 0.717) is 5.92 Å². The van der Waals surface area contributed by atoms with E-state index in [9.17, 15) is 0 Å². The van der Waals surface area contributed by atoms with Crippen molar-refractivity contribution in [2.45, 2.75) is 40.0 Å². The normalized spacial score (nSPS) is 12.8. The Morgan fingerprint density at radius 2 is 2.12 bits per heavy atom. The van der Waals surface area contributed by atoms with Gasteiger partial charge in [0.1, 0.15) is 5.82 Å². The maximum atomic E-state index is 6.07. The Kier molecular flexibility index (Phi) is 4.65. The molecule has 0 fully saturated rings. The molecule has 3 N–H and O–H groups in total. The molecule has 0 aliphatic carbocycles. The fourth-order valence-electron chi connectivity index (χ4n) is 1.64. The second kappa shape index (κ2) is 5.77. The summed E-state index contributed by atoms with van der Waals surface area (Å²) in [6.07, 6.45) is 3.20. The average molecular weight is 224 g/mol. The van der Waals surface area contributed by atoms with Gasteiger partial charge in [-0.2, -0.15) is 5.10 Å². The quantitative estimate of drug-likeness (QED) is 0.780. The van der Waals surface area contributed by atoms with Crippen molar-refractivity contribution < 1.29 is 0 Å². The molecule has 4 nitrogen and oxygen atoms in total. The number of hydrogen-bond acceptors (Lipinski definition) is 3. The summed E-state index contributed by atoms with van der Waals surface area (Å²) in [7, 11) is 1.94. The number of nitrogens with zero attached hydrogens (tertiary/aromatic N) is 2. The monoisotopic (exact) mass is 224 g/mol. The standard InChI is InChI=1S/C12H24N4/c1-5-7-10-11(13)12(16(4)15-10)14-8-9(3)6-2/h9,14H,5-8,13H2,1-4H3. The molecule has 0 saturated carbocycles. The molecule has 1 aromatic rings. The van der Waals surface area contributed by atoms with Crippen LogP contribution in [-0.2, 0) is 13.5 Å². The summed E-state index contributed by atoms with van der Waals surface area (Å²) in [5.74, 6) is 1.62. The van der Waals surface area contributed by atoms with Gasteiger partial charge in [-0.3, -0.25) is 4.68 Å². The summed E-state index contributed by atoms with van der Waals surface area (Å²) >= 11 is 0. The van der Waals surface area contributed by atoms with Gasteiger partial charge in [0.25, 0.3) is 0 Å². The van der Waals surface area contributed by atoms with Crippen molar-refractivity contribution in [3.8, 4) is 0 Å². The zero-order valence-electron chi connectivity index (χ0n) is 10.9. The largest absolute Gasteiger partial charge is 0.394 e. The summed E-state index contributed by atoms with van der Waals surface area (Å²) in [6, 6.07) is 0. The highest BCUT2D eigenvalue weighted by Crippen LogP contribution is 2.23. The van der Waals surface area contributed by atoms with Crippen LogP contribution in [0.1, 0.15) is 39.3 Å². The van der Waals surface area contributed by atoms with Crippen LogP contribution >= 0.6 is 0 Å². The van der Waals surface area contributed by atoms with Crippen molar-refractivity contribution in [3.05, 3.63) is 5.69 Å². The van der Waals surface area contributed by atoms with Crippen molar-refractivity contribution >= 4 is 11.5 Å². The molecule has 92 valence electrons. The van der Waals surface area contributed by atoms with Crippen LogP contribution < -0.4 is 11.1 Å². The van der Waals surface area contributed by atoms with E-state index >= 15 is 0 Å². The molecule has 1 aromatic heterocycles. The maximum Gasteiger partial charge on any atom is 0.147 e. The van der Waals surface area contributed by atoms with Crippen LogP contribution in [0, 0.1) is 5.92 Å². The average Bonchev–Trinajstić information content (AvgIpc) is 2.52. The van der Waals surface area contributed by atoms with E-state index in [0.717, 1.165) is 36.6 Å². The summed E-state index contributed by atoms with van der Waals surface area (Å²) in [5.41, 5.74) is 7.90. The second-order valence-corrected chi connectivity index (χ2v) is 4.48. The zero-order valence-corrected chi connectivity index (χ0v) is 10.9. The molecular formula is C12H24N4. The van der Waals surface area contributed by atoms with Crippen LogP contribution in [0.25, 0.3) is 0 Å². The number of aromatic nitrogens is 2. The lowest BCUT2D eigenvalue weighted by atomic mass is 10.1. The Morgan fingerprint density at radius 1 is 1.44 bits per heavy atom. The first kappa shape index (κ1) is 12.9. The van der Waals surface area contributed by atoms with Crippen molar-refractivity contribution in [1.82, 2.24) is 9.78 Å². The second-order valence-electron chi connectivity index (χ2n) is 4.48. The minimum absolute atomic E-state index is 0.656. The molecule has 0 saturated heterocycles. The molecule has 0 amide bonds. The van der Waals surface area contributed by atoms with E-state index in [4.69, 9.17) is 5.73 Å². The van der Waals surface area contributed by atoms with Crippen LogP contribution in [0.2, 0.25) is 0 Å². The van der Waals surface area contributed by atoms with Crippen LogP contribution in [-0.4, -0.2) is 16.3 Å². The number of nitrogens with two attached hydrogens (primary N) is 1. The predicted octanol–water partition coefficient (Wildman–Crippen LogP) is 2.41. The Hall–Kier alpha value is -1.19. The molecule has 0 radical (unpaired) electrons. The lowest BCUT2D eigenvalue weighted by Gasteiger charge is -2.11. The van der Waals surface area contributed by atoms with E-state index in [-0.39, 0.29) is 0 Å². The van der Waals surface area contributed by atoms with Gasteiger partial charge in [0.05, 0.1) is 11.4 Å². The van der Waals surface area contributed by atoms with Crippen molar-refractivity contribution in [2.75, 3.05) is 17.6 Å². The number of anilines is 2. The Morgan fingerprint density at radius 3 is 2.69 bits per heavy atom. The molecule has 1 unspecified atom stereocenters. The third kappa shape index (κ3) is 2.90. The summed E-state index contributed by atoms with van der Waals surface area (Å²) < 4.78 is 1.85. The van der Waals surface area contributed by atoms with Crippen LogP contribution in [0.4, 0.5) is 11.5 Å². The fourth-order valence-corrected chi connectivity index (χ4v) is 1.64. The molecule has 0 aromatic carbocycles. The molecule has 4 heteroatoms. The first-order valence-corrected chi connectivity index (χ1v) is 6.15. The van der Waals surface area contributed by atoms with E-state index in [2.05, 4.69) is 31.2 Å². The molecule has 0 spiro atoms. The molecule has 1 heterocycles. The summed E-state index contributed by atoms with van der Waals surface area (Å²) in [5, 5.41) is 7.82. The number of nitrogens with one attached hydrogen (secondary N) is 1. The third-order valence-electron chi connectivity index (χ3n) is 2.96. The van der Waals surface area contributed by atoms with E-state index in [1.807, 2.05) is 11.7 Å². The molecule has 0 bridgehead atoms. The van der Waals surface area contributed by atoms with Crippen molar-refractivity contribution in [1.29, 1.82) is 0 Å². The van der Waals surface area contributed by atoms with Gasteiger partial charge in [0.15, 0.2) is 0 Å². The highest BCUT2D eigenvalue weighted by molar-refractivity contribution is 5.65. The maximum absolute atomic E-state index is 6.07. The van der Waals surface area contributed by atoms with Crippen molar-refractivity contribution in [3.63, 3.8) is 0 Å². The summed E-state index contributed by atoms with van der Waals surface area (Å²) in [4.78, 5) is 0. The third-order valence-corrected chi connectivity index (χ3v) is 2.96. The van der Waals surface area contributed by atoms with E-state index < -0.39 is 0 Å². The van der Waals surface area contributed by atoms with Gasteiger partial charge in [0.2, 0.25) is 0 Å². The van der Waals surface area contributed by atoms with E-state index in [1.165, 1.54) is 6.42 Å². The van der Waals surface area contributed by atoms with Gasteiger partial charge >= 0.3 is 0 Å². The van der Waals surface area contributed by atoms with Gasteiger partial charge in [-0.05, 0) is 12.3 Å². The molecular weight excluding hydrogens is 200 g/mol. The highest BCUT2D eigenvalue weighted by Gasteiger charge is 2.12. The van der Waals surface area contributed by atoms with Gasteiger partial charge in [-0.1, -0.05) is 33.6 Å². The molecule has 1 rings (SSSR count). The fraction of sp³-hybridized carbons (Fsp3) is 0.750. The molecule has 0 aliphatic heterocycles. The zero-order chi connectivity index (χ0) is 12.1. The predicted molar refractivity (Wildman–Crippen MR) is 69.6 cm³/mol. The first-order valence-electron chi connectivity index (χ1n) is 6.15. The van der Waals surface area contributed by atoms with Gasteiger partial charge in [-0.25, -0.2) is 0 Å². The van der Waals surface area contributed by atoms with Gasteiger partial charge in [0, 0.05) is 13.6 Å². The minimum atomic E-state index is 0.656. The number of rotatable bonds is 6. The Bertz CT molecular complexity index is 330. The lowest BCUT2D eigenvalue weighted by Crippen LogP contribution is -2.13. The smallest absolute Gasteiger partial charge is 0.147 e. The van der Waals surface area contributed by atoms with Crippen LogP contribution in [0.5, 0.6) is 0 Å². The number of aryl methyl sites for hydroxylation is 2. The van der Waals surface area contributed by atoms with Crippen LogP contribution in [0.15, 0.2) is 0 Å². The van der Waals surface area contributed by atoms with Gasteiger partial charge in [-0.15, -0.1) is 0 Å². The Balaban J connectivity index is 2.72. The lowest BCUT2D eigenvalue weighted by molar-refractivity contribution is 0.589.